The summed E-state index contributed by atoms with van der Waals surface area (Å²) in [5, 5.41) is 15.7. The van der Waals surface area contributed by atoms with E-state index in [9.17, 15) is 14.7 Å². The highest BCUT2D eigenvalue weighted by atomic mass is 16.5. The summed E-state index contributed by atoms with van der Waals surface area (Å²) >= 11 is 0. The summed E-state index contributed by atoms with van der Waals surface area (Å²) in [4.78, 5) is 33.9. The Bertz CT molecular complexity index is 1590. The van der Waals surface area contributed by atoms with Crippen LogP contribution in [-0.4, -0.2) is 77.8 Å². The highest BCUT2D eigenvalue weighted by Crippen LogP contribution is 2.34. The molecule has 0 spiro atoms. The Hall–Kier alpha value is -4.84. The zero-order valence-electron chi connectivity index (χ0n) is 26.0. The second-order valence-electron chi connectivity index (χ2n) is 11.1. The average Bonchev–Trinajstić information content (AvgIpc) is 3.29. The summed E-state index contributed by atoms with van der Waals surface area (Å²) < 4.78 is 12.7. The van der Waals surface area contributed by atoms with E-state index in [1.54, 1.807) is 43.1 Å². The van der Waals surface area contributed by atoms with Crippen molar-refractivity contribution in [1.29, 1.82) is 0 Å². The molecule has 0 aliphatic rings. The molecular weight excluding hydrogens is 550 g/mol. The summed E-state index contributed by atoms with van der Waals surface area (Å²) in [6.07, 6.45) is 1.59. The molecule has 2 aromatic heterocycles. The molecule has 0 atom stereocenters. The van der Waals surface area contributed by atoms with E-state index >= 15 is 0 Å². The van der Waals surface area contributed by atoms with Crippen molar-refractivity contribution in [2.45, 2.75) is 26.2 Å². The minimum Gasteiger partial charge on any atom is -0.494 e. The standard InChI is InChI=1S/C16H27N3O2.C15H14N4O3/c1-16(2,3)11-9-12(14(21-6)13(17)10-11)15(20)18-7-8-19(4)5;1-16-15-17-7-6-12(18-15)22-11-5-3-4-9-8-10(14(20)21)19(2)13(9)11/h9-10H,7-8,17H2,1-6H3,(H,18,20);3-8H,1-2H3,(H,20,21)(H,16,17,18). The maximum Gasteiger partial charge on any atom is 0.352 e. The zero-order chi connectivity index (χ0) is 31.9. The number of anilines is 2. The molecule has 12 heteroatoms. The number of hydrogen-bond acceptors (Lipinski definition) is 9. The number of aromatic carboxylic acids is 1. The van der Waals surface area contributed by atoms with Gasteiger partial charge in [0.25, 0.3) is 5.91 Å². The predicted molar refractivity (Wildman–Crippen MR) is 169 cm³/mol. The van der Waals surface area contributed by atoms with Gasteiger partial charge < -0.3 is 40.4 Å². The topological polar surface area (TPSA) is 157 Å². The van der Waals surface area contributed by atoms with Gasteiger partial charge in [0.1, 0.15) is 5.69 Å². The zero-order valence-corrected chi connectivity index (χ0v) is 26.0. The van der Waals surface area contributed by atoms with E-state index < -0.39 is 5.97 Å². The summed E-state index contributed by atoms with van der Waals surface area (Å²) in [5.41, 5.74) is 8.83. The van der Waals surface area contributed by atoms with Gasteiger partial charge >= 0.3 is 5.97 Å². The van der Waals surface area contributed by atoms with Crippen LogP contribution in [-0.2, 0) is 12.5 Å². The molecule has 43 heavy (non-hydrogen) atoms. The lowest BCUT2D eigenvalue weighted by atomic mass is 9.85. The van der Waals surface area contributed by atoms with Crippen LogP contribution in [0.25, 0.3) is 10.9 Å². The minimum atomic E-state index is -0.982. The number of nitrogen functional groups attached to an aromatic ring is 1. The van der Waals surface area contributed by atoms with Gasteiger partial charge in [0, 0.05) is 44.8 Å². The molecule has 0 aliphatic carbocycles. The molecule has 230 valence electrons. The number of nitrogens with two attached hydrogens (primary N) is 1. The normalized spacial score (nSPS) is 11.1. The molecule has 0 aliphatic heterocycles. The number of nitrogens with one attached hydrogen (secondary N) is 2. The van der Waals surface area contributed by atoms with E-state index in [2.05, 4.69) is 41.4 Å². The van der Waals surface area contributed by atoms with E-state index in [1.165, 1.54) is 7.11 Å². The number of amides is 1. The Morgan fingerprint density at radius 1 is 1.14 bits per heavy atom. The number of hydrogen-bond donors (Lipinski definition) is 4. The Morgan fingerprint density at radius 3 is 2.47 bits per heavy atom. The first kappa shape index (κ1) is 32.7. The number of carbonyl (C=O) groups excluding carboxylic acids is 1. The van der Waals surface area contributed by atoms with E-state index in [4.69, 9.17) is 15.2 Å². The van der Waals surface area contributed by atoms with Crippen LogP contribution in [0.3, 0.4) is 0 Å². The number of carboxylic acids is 1. The highest BCUT2D eigenvalue weighted by molar-refractivity contribution is 5.99. The predicted octanol–water partition coefficient (Wildman–Crippen LogP) is 4.37. The molecule has 4 rings (SSSR count). The number of methoxy groups -OCH3 is 1. The van der Waals surface area contributed by atoms with Crippen LogP contribution in [0.4, 0.5) is 11.6 Å². The second kappa shape index (κ2) is 13.9. The van der Waals surface area contributed by atoms with Crippen LogP contribution in [0.2, 0.25) is 0 Å². The number of carboxylic acid groups (broad SMARTS) is 1. The van der Waals surface area contributed by atoms with Crippen molar-refractivity contribution < 1.29 is 24.2 Å². The smallest absolute Gasteiger partial charge is 0.352 e. The van der Waals surface area contributed by atoms with Gasteiger partial charge in [-0.3, -0.25) is 4.79 Å². The van der Waals surface area contributed by atoms with E-state index in [0.717, 1.165) is 17.5 Å². The molecule has 0 saturated heterocycles. The van der Waals surface area contributed by atoms with Crippen molar-refractivity contribution in [3.05, 3.63) is 65.5 Å². The first-order valence-electron chi connectivity index (χ1n) is 13.7. The first-order valence-corrected chi connectivity index (χ1v) is 13.7. The third kappa shape index (κ3) is 8.13. The Labute approximate surface area is 251 Å². The maximum atomic E-state index is 12.4. The van der Waals surface area contributed by atoms with Gasteiger partial charge in [-0.2, -0.15) is 4.98 Å². The third-order valence-electron chi connectivity index (χ3n) is 6.58. The van der Waals surface area contributed by atoms with Crippen molar-refractivity contribution >= 4 is 34.4 Å². The molecule has 1 amide bonds. The molecule has 2 aromatic carbocycles. The Kier molecular flexibility index (Phi) is 10.5. The monoisotopic (exact) mass is 591 g/mol. The SMILES string of the molecule is CNc1nccc(Oc2cccc3cc(C(=O)O)n(C)c23)n1.COc1c(N)cc(C(C)(C)C)cc1C(=O)NCCN(C)C. The van der Waals surface area contributed by atoms with Crippen LogP contribution >= 0.6 is 0 Å². The Morgan fingerprint density at radius 2 is 1.86 bits per heavy atom. The number of nitrogens with zero attached hydrogens (tertiary/aromatic N) is 4. The van der Waals surface area contributed by atoms with Crippen molar-refractivity contribution in [3.8, 4) is 17.4 Å². The quantitative estimate of drug-likeness (QED) is 0.206. The fourth-order valence-electron chi connectivity index (χ4n) is 4.27. The maximum absolute atomic E-state index is 12.4. The Balaban J connectivity index is 0.000000236. The fraction of sp³-hybridized carbons (Fsp3) is 0.355. The number of fused-ring (bicyclic) bond motifs is 1. The fourth-order valence-corrected chi connectivity index (χ4v) is 4.27. The van der Waals surface area contributed by atoms with Gasteiger partial charge in [0.2, 0.25) is 11.8 Å². The lowest BCUT2D eigenvalue weighted by Gasteiger charge is -2.22. The van der Waals surface area contributed by atoms with Gasteiger partial charge in [-0.1, -0.05) is 32.9 Å². The van der Waals surface area contributed by atoms with Gasteiger partial charge in [-0.15, -0.1) is 0 Å². The molecule has 0 saturated carbocycles. The number of likely N-dealkylation sites (N-methyl/N-ethyl adjacent to an activating group) is 1. The van der Waals surface area contributed by atoms with Crippen LogP contribution < -0.4 is 25.8 Å². The lowest BCUT2D eigenvalue weighted by Crippen LogP contribution is -2.32. The van der Waals surface area contributed by atoms with E-state index in [1.807, 2.05) is 43.3 Å². The summed E-state index contributed by atoms with van der Waals surface area (Å²) in [5.74, 6) is 0.655. The summed E-state index contributed by atoms with van der Waals surface area (Å²) in [6.45, 7) is 7.61. The van der Waals surface area contributed by atoms with Gasteiger partial charge in [0.05, 0.1) is 23.9 Å². The minimum absolute atomic E-state index is 0.0843. The summed E-state index contributed by atoms with van der Waals surface area (Å²) in [7, 11) is 8.86. The van der Waals surface area contributed by atoms with Gasteiger partial charge in [-0.25, -0.2) is 9.78 Å². The number of ether oxygens (including phenoxy) is 2. The number of rotatable bonds is 9. The van der Waals surface area contributed by atoms with E-state index in [-0.39, 0.29) is 17.0 Å². The molecule has 12 nitrogen and oxygen atoms in total. The number of benzene rings is 2. The molecule has 4 aromatic rings. The number of carbonyl (C=O) groups is 2. The number of para-hydroxylation sites is 1. The molecule has 0 radical (unpaired) electrons. The van der Waals surface area contributed by atoms with Crippen molar-refractivity contribution in [1.82, 2.24) is 24.8 Å². The van der Waals surface area contributed by atoms with Crippen molar-refractivity contribution in [2.75, 3.05) is 52.4 Å². The van der Waals surface area contributed by atoms with Gasteiger partial charge in [-0.05, 0) is 49.3 Å². The van der Waals surface area contributed by atoms with Crippen LogP contribution in [0.5, 0.6) is 17.4 Å². The lowest BCUT2D eigenvalue weighted by molar-refractivity contribution is 0.0686. The molecule has 2 heterocycles. The largest absolute Gasteiger partial charge is 0.494 e. The van der Waals surface area contributed by atoms with Crippen molar-refractivity contribution in [2.24, 2.45) is 7.05 Å². The molecule has 0 fully saturated rings. The van der Waals surface area contributed by atoms with E-state index in [0.29, 0.717) is 46.6 Å². The first-order chi connectivity index (χ1) is 20.3. The van der Waals surface area contributed by atoms with Crippen molar-refractivity contribution in [3.63, 3.8) is 0 Å². The second-order valence-corrected chi connectivity index (χ2v) is 11.1. The summed E-state index contributed by atoms with van der Waals surface area (Å²) in [6, 6.07) is 12.4. The van der Waals surface area contributed by atoms with Crippen LogP contribution in [0.1, 0.15) is 47.2 Å². The number of aromatic nitrogens is 3. The van der Waals surface area contributed by atoms with Crippen LogP contribution in [0.15, 0.2) is 48.7 Å². The molecule has 0 bridgehead atoms. The molecular formula is C31H41N7O5. The molecule has 0 unspecified atom stereocenters. The number of aryl methyl sites for hydroxylation is 1. The highest BCUT2D eigenvalue weighted by Gasteiger charge is 2.22. The third-order valence-corrected chi connectivity index (χ3v) is 6.58. The average molecular weight is 592 g/mol. The van der Waals surface area contributed by atoms with Crippen LogP contribution in [0, 0.1) is 0 Å². The van der Waals surface area contributed by atoms with Gasteiger partial charge in [0.15, 0.2) is 11.5 Å². The molecule has 5 N–H and O–H groups in total.